The topological polar surface area (TPSA) is 58.7 Å². The molecule has 0 spiro atoms. The second kappa shape index (κ2) is 6.26. The second-order valence-electron chi connectivity index (χ2n) is 5.46. The standard InChI is InChI=1S/C15H24N2O2/c1-15(18,12-16)8-4-9-17-10-5-11-19-14-7-3-2-6-13(14)17/h2-3,6-7,18H,4-5,8-12,16H2,1H3. The van der Waals surface area contributed by atoms with E-state index in [1.807, 2.05) is 18.2 Å². The van der Waals surface area contributed by atoms with Gasteiger partial charge in [0, 0.05) is 19.6 Å². The maximum Gasteiger partial charge on any atom is 0.142 e. The van der Waals surface area contributed by atoms with E-state index in [4.69, 9.17) is 10.5 Å². The van der Waals surface area contributed by atoms with Gasteiger partial charge in [-0.2, -0.15) is 0 Å². The molecule has 0 amide bonds. The van der Waals surface area contributed by atoms with Gasteiger partial charge in [0.2, 0.25) is 0 Å². The van der Waals surface area contributed by atoms with E-state index in [0.717, 1.165) is 50.4 Å². The summed E-state index contributed by atoms with van der Waals surface area (Å²) in [5.41, 5.74) is 5.95. The Morgan fingerprint density at radius 1 is 1.42 bits per heavy atom. The van der Waals surface area contributed by atoms with E-state index >= 15 is 0 Å². The predicted octanol–water partition coefficient (Wildman–Crippen LogP) is 1.77. The first kappa shape index (κ1) is 14.2. The highest BCUT2D eigenvalue weighted by molar-refractivity contribution is 5.58. The summed E-state index contributed by atoms with van der Waals surface area (Å²) in [6, 6.07) is 8.16. The molecule has 1 unspecified atom stereocenters. The van der Waals surface area contributed by atoms with E-state index in [2.05, 4.69) is 11.0 Å². The van der Waals surface area contributed by atoms with Gasteiger partial charge in [-0.1, -0.05) is 12.1 Å². The fourth-order valence-electron chi connectivity index (χ4n) is 2.38. The van der Waals surface area contributed by atoms with Crippen LogP contribution in [0, 0.1) is 0 Å². The van der Waals surface area contributed by atoms with E-state index in [9.17, 15) is 5.11 Å². The maximum atomic E-state index is 9.94. The molecule has 19 heavy (non-hydrogen) atoms. The van der Waals surface area contributed by atoms with Crippen molar-refractivity contribution < 1.29 is 9.84 Å². The van der Waals surface area contributed by atoms with E-state index in [-0.39, 0.29) is 0 Å². The van der Waals surface area contributed by atoms with Gasteiger partial charge in [0.15, 0.2) is 0 Å². The molecular weight excluding hydrogens is 240 g/mol. The zero-order valence-corrected chi connectivity index (χ0v) is 11.6. The van der Waals surface area contributed by atoms with Crippen LogP contribution in [0.25, 0.3) is 0 Å². The molecular formula is C15H24N2O2. The van der Waals surface area contributed by atoms with Crippen LogP contribution in [0.2, 0.25) is 0 Å². The molecule has 106 valence electrons. The van der Waals surface area contributed by atoms with Crippen molar-refractivity contribution >= 4 is 5.69 Å². The lowest BCUT2D eigenvalue weighted by Gasteiger charge is -2.26. The molecule has 0 saturated heterocycles. The first-order valence-corrected chi connectivity index (χ1v) is 7.02. The van der Waals surface area contributed by atoms with Crippen LogP contribution < -0.4 is 15.4 Å². The molecule has 0 radical (unpaired) electrons. The quantitative estimate of drug-likeness (QED) is 0.851. The molecule has 0 fully saturated rings. The highest BCUT2D eigenvalue weighted by atomic mass is 16.5. The number of nitrogens with zero attached hydrogens (tertiary/aromatic N) is 1. The van der Waals surface area contributed by atoms with Crippen molar-refractivity contribution in [2.24, 2.45) is 5.73 Å². The maximum absolute atomic E-state index is 9.94. The fourth-order valence-corrected chi connectivity index (χ4v) is 2.38. The van der Waals surface area contributed by atoms with E-state index < -0.39 is 5.60 Å². The molecule has 0 aromatic heterocycles. The lowest BCUT2D eigenvalue weighted by atomic mass is 10.0. The highest BCUT2D eigenvalue weighted by Gasteiger charge is 2.20. The molecule has 1 aromatic rings. The van der Waals surface area contributed by atoms with Crippen molar-refractivity contribution in [2.75, 3.05) is 31.1 Å². The number of hydrogen-bond acceptors (Lipinski definition) is 4. The van der Waals surface area contributed by atoms with E-state index in [1.165, 1.54) is 0 Å². The van der Waals surface area contributed by atoms with Crippen molar-refractivity contribution in [1.29, 1.82) is 0 Å². The number of benzene rings is 1. The SMILES string of the molecule is CC(O)(CN)CCCN1CCCOc2ccccc21. The molecule has 1 aromatic carbocycles. The Bertz CT molecular complexity index is 407. The molecule has 0 saturated carbocycles. The first-order valence-electron chi connectivity index (χ1n) is 7.02. The molecule has 0 aliphatic carbocycles. The molecule has 1 aliphatic rings. The Kier molecular flexibility index (Phi) is 4.66. The number of ether oxygens (including phenoxy) is 1. The van der Waals surface area contributed by atoms with Gasteiger partial charge in [-0.15, -0.1) is 0 Å². The van der Waals surface area contributed by atoms with Crippen molar-refractivity contribution in [3.8, 4) is 5.75 Å². The third-order valence-corrected chi connectivity index (χ3v) is 3.62. The fraction of sp³-hybridized carbons (Fsp3) is 0.600. The summed E-state index contributed by atoms with van der Waals surface area (Å²) in [4.78, 5) is 2.34. The summed E-state index contributed by atoms with van der Waals surface area (Å²) in [6.07, 6.45) is 2.68. The molecule has 3 N–H and O–H groups in total. The third-order valence-electron chi connectivity index (χ3n) is 3.62. The van der Waals surface area contributed by atoms with E-state index in [0.29, 0.717) is 6.54 Å². The predicted molar refractivity (Wildman–Crippen MR) is 77.7 cm³/mol. The Hall–Kier alpha value is -1.26. The highest BCUT2D eigenvalue weighted by Crippen LogP contribution is 2.30. The smallest absolute Gasteiger partial charge is 0.142 e. The minimum absolute atomic E-state index is 0.312. The Balaban J connectivity index is 1.97. The van der Waals surface area contributed by atoms with Gasteiger partial charge in [0.1, 0.15) is 5.75 Å². The summed E-state index contributed by atoms with van der Waals surface area (Å²) in [5, 5.41) is 9.94. The monoisotopic (exact) mass is 264 g/mol. The number of para-hydroxylation sites is 2. The summed E-state index contributed by atoms with van der Waals surface area (Å²) >= 11 is 0. The Morgan fingerprint density at radius 2 is 2.21 bits per heavy atom. The molecule has 2 rings (SSSR count). The van der Waals surface area contributed by atoms with Crippen LogP contribution in [-0.4, -0.2) is 36.9 Å². The van der Waals surface area contributed by atoms with Crippen LogP contribution >= 0.6 is 0 Å². The Labute approximate surface area is 115 Å². The summed E-state index contributed by atoms with van der Waals surface area (Å²) in [6.45, 7) is 4.81. The van der Waals surface area contributed by atoms with Crippen molar-refractivity contribution in [1.82, 2.24) is 0 Å². The van der Waals surface area contributed by atoms with E-state index in [1.54, 1.807) is 6.92 Å². The third kappa shape index (κ3) is 3.85. The number of fused-ring (bicyclic) bond motifs is 1. The summed E-state index contributed by atoms with van der Waals surface area (Å²) in [5.74, 6) is 0.964. The average molecular weight is 264 g/mol. The normalized spacial score (nSPS) is 18.2. The van der Waals surface area contributed by atoms with Gasteiger partial charge in [0.25, 0.3) is 0 Å². The molecule has 1 heterocycles. The zero-order chi connectivity index (χ0) is 13.7. The molecule has 4 heteroatoms. The number of rotatable bonds is 5. The summed E-state index contributed by atoms with van der Waals surface area (Å²) < 4.78 is 5.74. The molecule has 0 bridgehead atoms. The van der Waals surface area contributed by atoms with Crippen LogP contribution in [0.3, 0.4) is 0 Å². The van der Waals surface area contributed by atoms with Gasteiger partial charge in [-0.3, -0.25) is 0 Å². The Morgan fingerprint density at radius 3 is 3.00 bits per heavy atom. The van der Waals surface area contributed by atoms with Gasteiger partial charge in [0.05, 0.1) is 17.9 Å². The molecule has 4 nitrogen and oxygen atoms in total. The zero-order valence-electron chi connectivity index (χ0n) is 11.6. The summed E-state index contributed by atoms with van der Waals surface area (Å²) in [7, 11) is 0. The van der Waals surface area contributed by atoms with Crippen LogP contribution in [0.15, 0.2) is 24.3 Å². The van der Waals surface area contributed by atoms with Gasteiger partial charge >= 0.3 is 0 Å². The molecule has 1 aliphatic heterocycles. The van der Waals surface area contributed by atoms with Crippen molar-refractivity contribution in [2.45, 2.75) is 31.8 Å². The van der Waals surface area contributed by atoms with Crippen LogP contribution in [0.5, 0.6) is 5.75 Å². The number of anilines is 1. The second-order valence-corrected chi connectivity index (χ2v) is 5.46. The minimum atomic E-state index is -0.748. The largest absolute Gasteiger partial charge is 0.491 e. The number of aliphatic hydroxyl groups is 1. The molecule has 1 atom stereocenters. The van der Waals surface area contributed by atoms with Crippen molar-refractivity contribution in [3.63, 3.8) is 0 Å². The van der Waals surface area contributed by atoms with Gasteiger partial charge in [-0.05, 0) is 38.3 Å². The lowest BCUT2D eigenvalue weighted by Crippen LogP contribution is -2.35. The van der Waals surface area contributed by atoms with Crippen LogP contribution in [0.4, 0.5) is 5.69 Å². The number of hydrogen-bond donors (Lipinski definition) is 2. The average Bonchev–Trinajstić information content (AvgIpc) is 2.61. The first-order chi connectivity index (χ1) is 9.12. The van der Waals surface area contributed by atoms with Gasteiger partial charge in [-0.25, -0.2) is 0 Å². The lowest BCUT2D eigenvalue weighted by molar-refractivity contribution is 0.0584. The minimum Gasteiger partial charge on any atom is -0.491 e. The number of nitrogens with two attached hydrogens (primary N) is 1. The van der Waals surface area contributed by atoms with Gasteiger partial charge < -0.3 is 20.5 Å². The van der Waals surface area contributed by atoms with Crippen molar-refractivity contribution in [3.05, 3.63) is 24.3 Å². The van der Waals surface area contributed by atoms with Crippen LogP contribution in [-0.2, 0) is 0 Å². The van der Waals surface area contributed by atoms with Crippen LogP contribution in [0.1, 0.15) is 26.2 Å².